The van der Waals surface area contributed by atoms with Crippen LogP contribution in [0.15, 0.2) is 48.8 Å². The third kappa shape index (κ3) is 4.80. The van der Waals surface area contributed by atoms with Crippen LogP contribution in [0.4, 0.5) is 18.9 Å². The molecular formula is C15H12F3N3O2. The van der Waals surface area contributed by atoms with Gasteiger partial charge in [0.1, 0.15) is 0 Å². The molecule has 120 valence electrons. The van der Waals surface area contributed by atoms with Gasteiger partial charge in [-0.25, -0.2) is 0 Å². The van der Waals surface area contributed by atoms with Gasteiger partial charge in [0.25, 0.3) is 5.91 Å². The molecule has 0 aliphatic rings. The second-order valence-corrected chi connectivity index (χ2v) is 4.57. The van der Waals surface area contributed by atoms with E-state index in [1.165, 1.54) is 30.5 Å². The van der Waals surface area contributed by atoms with Gasteiger partial charge in [-0.1, -0.05) is 12.1 Å². The van der Waals surface area contributed by atoms with Crippen LogP contribution in [0.2, 0.25) is 0 Å². The maximum atomic E-state index is 12.1. The third-order valence-electron chi connectivity index (χ3n) is 2.85. The average molecular weight is 323 g/mol. The first-order valence-corrected chi connectivity index (χ1v) is 6.51. The first-order chi connectivity index (χ1) is 10.9. The molecule has 2 rings (SSSR count). The van der Waals surface area contributed by atoms with Gasteiger partial charge in [-0.05, 0) is 29.8 Å². The number of aromatic nitrogens is 1. The number of anilines is 1. The number of nitrogens with one attached hydrogen (secondary N) is 2. The topological polar surface area (TPSA) is 71.1 Å². The summed E-state index contributed by atoms with van der Waals surface area (Å²) in [5.74, 6) is -2.34. The molecule has 2 N–H and O–H groups in total. The van der Waals surface area contributed by atoms with Crippen molar-refractivity contribution in [2.75, 3.05) is 5.32 Å². The van der Waals surface area contributed by atoms with E-state index in [1.807, 2.05) is 0 Å². The lowest BCUT2D eigenvalue weighted by Gasteiger charge is -2.09. The fourth-order valence-electron chi connectivity index (χ4n) is 1.69. The highest BCUT2D eigenvalue weighted by molar-refractivity contribution is 5.95. The van der Waals surface area contributed by atoms with Crippen molar-refractivity contribution in [2.45, 2.75) is 12.7 Å². The fraction of sp³-hybridized carbons (Fsp3) is 0.133. The highest BCUT2D eigenvalue weighted by Gasteiger charge is 2.38. The number of carbonyl (C=O) groups is 2. The fourth-order valence-corrected chi connectivity index (χ4v) is 1.69. The lowest BCUT2D eigenvalue weighted by Crippen LogP contribution is -2.29. The lowest BCUT2D eigenvalue weighted by atomic mass is 10.2. The van der Waals surface area contributed by atoms with Gasteiger partial charge in [-0.3, -0.25) is 14.6 Å². The Morgan fingerprint density at radius 1 is 1.09 bits per heavy atom. The maximum Gasteiger partial charge on any atom is 0.471 e. The molecule has 0 spiro atoms. The van der Waals surface area contributed by atoms with Gasteiger partial charge in [0.2, 0.25) is 0 Å². The van der Waals surface area contributed by atoms with Crippen molar-refractivity contribution < 1.29 is 22.8 Å². The number of rotatable bonds is 4. The van der Waals surface area contributed by atoms with Gasteiger partial charge in [0.05, 0.1) is 5.56 Å². The van der Waals surface area contributed by atoms with E-state index in [9.17, 15) is 22.8 Å². The minimum absolute atomic E-state index is 0.0228. The third-order valence-corrected chi connectivity index (χ3v) is 2.85. The standard InChI is InChI=1S/C15H12F3N3O2/c16-15(17,18)14(23)21-12-5-3-10(4-6-12)8-20-13(22)11-2-1-7-19-9-11/h1-7,9H,8H2,(H,20,22)(H,21,23). The van der Waals surface area contributed by atoms with Crippen LogP contribution in [-0.4, -0.2) is 23.0 Å². The number of alkyl halides is 3. The first kappa shape index (κ1) is 16.5. The molecule has 0 unspecified atom stereocenters. The number of pyridine rings is 1. The van der Waals surface area contributed by atoms with Crippen LogP contribution in [0.25, 0.3) is 0 Å². The number of nitrogens with zero attached hydrogens (tertiary/aromatic N) is 1. The van der Waals surface area contributed by atoms with E-state index in [2.05, 4.69) is 10.3 Å². The van der Waals surface area contributed by atoms with Gasteiger partial charge in [-0.2, -0.15) is 13.2 Å². The highest BCUT2D eigenvalue weighted by atomic mass is 19.4. The molecule has 0 bridgehead atoms. The largest absolute Gasteiger partial charge is 0.471 e. The molecule has 0 saturated carbocycles. The summed E-state index contributed by atoms with van der Waals surface area (Å²) in [7, 11) is 0. The van der Waals surface area contributed by atoms with Crippen molar-refractivity contribution in [2.24, 2.45) is 0 Å². The smallest absolute Gasteiger partial charge is 0.348 e. The van der Waals surface area contributed by atoms with E-state index in [4.69, 9.17) is 0 Å². The number of hydrogen-bond donors (Lipinski definition) is 2. The summed E-state index contributed by atoms with van der Waals surface area (Å²) in [4.78, 5) is 26.4. The van der Waals surface area contributed by atoms with Crippen LogP contribution in [0.5, 0.6) is 0 Å². The summed E-state index contributed by atoms with van der Waals surface area (Å²) < 4.78 is 36.4. The highest BCUT2D eigenvalue weighted by Crippen LogP contribution is 2.18. The molecule has 0 atom stereocenters. The van der Waals surface area contributed by atoms with Crippen LogP contribution in [0.3, 0.4) is 0 Å². The van der Waals surface area contributed by atoms with Crippen molar-refractivity contribution in [3.8, 4) is 0 Å². The van der Waals surface area contributed by atoms with Crippen molar-refractivity contribution in [3.63, 3.8) is 0 Å². The second-order valence-electron chi connectivity index (χ2n) is 4.57. The maximum absolute atomic E-state index is 12.1. The zero-order valence-corrected chi connectivity index (χ0v) is 11.7. The minimum Gasteiger partial charge on any atom is -0.348 e. The number of benzene rings is 1. The van der Waals surface area contributed by atoms with Gasteiger partial charge in [0, 0.05) is 24.6 Å². The van der Waals surface area contributed by atoms with E-state index < -0.39 is 12.1 Å². The number of amides is 2. The molecule has 0 aliphatic carbocycles. The van der Waals surface area contributed by atoms with E-state index in [-0.39, 0.29) is 18.1 Å². The zero-order chi connectivity index (χ0) is 16.9. The minimum atomic E-state index is -4.93. The molecule has 1 aromatic carbocycles. The summed E-state index contributed by atoms with van der Waals surface area (Å²) in [6, 6.07) is 8.92. The predicted molar refractivity (Wildman–Crippen MR) is 76.5 cm³/mol. The second kappa shape index (κ2) is 6.91. The lowest BCUT2D eigenvalue weighted by molar-refractivity contribution is -0.167. The molecule has 0 fully saturated rings. The van der Waals surface area contributed by atoms with E-state index >= 15 is 0 Å². The Morgan fingerprint density at radius 3 is 2.35 bits per heavy atom. The molecule has 2 aromatic rings. The average Bonchev–Trinajstić information content (AvgIpc) is 2.54. The quantitative estimate of drug-likeness (QED) is 0.908. The van der Waals surface area contributed by atoms with Crippen molar-refractivity contribution in [1.82, 2.24) is 10.3 Å². The Labute approximate surface area is 129 Å². The molecule has 0 saturated heterocycles. The zero-order valence-electron chi connectivity index (χ0n) is 11.7. The van der Waals surface area contributed by atoms with Gasteiger partial charge < -0.3 is 10.6 Å². The molecule has 23 heavy (non-hydrogen) atoms. The molecule has 2 amide bonds. The summed E-state index contributed by atoms with van der Waals surface area (Å²) in [6.07, 6.45) is -1.97. The van der Waals surface area contributed by atoms with Gasteiger partial charge in [-0.15, -0.1) is 0 Å². The number of halogens is 3. The molecular weight excluding hydrogens is 311 g/mol. The van der Waals surface area contributed by atoms with E-state index in [1.54, 1.807) is 23.6 Å². The Kier molecular flexibility index (Phi) is 4.95. The molecule has 5 nitrogen and oxygen atoms in total. The van der Waals surface area contributed by atoms with Gasteiger partial charge in [0.15, 0.2) is 0 Å². The molecule has 0 radical (unpaired) electrons. The summed E-state index contributed by atoms with van der Waals surface area (Å²) in [6.45, 7) is 0.196. The van der Waals surface area contributed by atoms with Crippen molar-refractivity contribution in [3.05, 3.63) is 59.9 Å². The predicted octanol–water partition coefficient (Wildman–Crippen LogP) is 2.51. The van der Waals surface area contributed by atoms with Crippen molar-refractivity contribution >= 4 is 17.5 Å². The van der Waals surface area contributed by atoms with Crippen molar-refractivity contribution in [1.29, 1.82) is 0 Å². The Balaban J connectivity index is 1.90. The van der Waals surface area contributed by atoms with Crippen LogP contribution in [0.1, 0.15) is 15.9 Å². The number of hydrogen-bond acceptors (Lipinski definition) is 3. The van der Waals surface area contributed by atoms with E-state index in [0.29, 0.717) is 11.1 Å². The summed E-state index contributed by atoms with van der Waals surface area (Å²) in [5.41, 5.74) is 1.10. The molecule has 8 heteroatoms. The van der Waals surface area contributed by atoms with E-state index in [0.717, 1.165) is 0 Å². The van der Waals surface area contributed by atoms with Gasteiger partial charge >= 0.3 is 12.1 Å². The Morgan fingerprint density at radius 2 is 1.78 bits per heavy atom. The number of carbonyl (C=O) groups excluding carboxylic acids is 2. The summed E-state index contributed by atoms with van der Waals surface area (Å²) in [5, 5.41) is 4.39. The van der Waals surface area contributed by atoms with Crippen LogP contribution < -0.4 is 10.6 Å². The summed E-state index contributed by atoms with van der Waals surface area (Å²) >= 11 is 0. The SMILES string of the molecule is O=C(NCc1ccc(NC(=O)C(F)(F)F)cc1)c1cccnc1. The van der Waals surface area contributed by atoms with Crippen LogP contribution >= 0.6 is 0 Å². The van der Waals surface area contributed by atoms with Crippen LogP contribution in [0, 0.1) is 0 Å². The molecule has 0 aliphatic heterocycles. The Bertz CT molecular complexity index is 685. The molecule has 1 aromatic heterocycles. The normalized spacial score (nSPS) is 10.9. The first-order valence-electron chi connectivity index (χ1n) is 6.51. The Hall–Kier alpha value is -2.90. The molecule has 1 heterocycles. The monoisotopic (exact) mass is 323 g/mol. The van der Waals surface area contributed by atoms with Crippen LogP contribution in [-0.2, 0) is 11.3 Å².